The molecule has 6 nitrogen and oxygen atoms in total. The van der Waals surface area contributed by atoms with Gasteiger partial charge in [0.05, 0.1) is 23.4 Å². The van der Waals surface area contributed by atoms with Crippen LogP contribution in [0.3, 0.4) is 0 Å². The molecule has 0 unspecified atom stereocenters. The number of aromatic nitrogens is 4. The van der Waals surface area contributed by atoms with Gasteiger partial charge in [-0.25, -0.2) is 9.97 Å². The molecule has 3 heterocycles. The Labute approximate surface area is 128 Å². The minimum atomic E-state index is 0.415. The van der Waals surface area contributed by atoms with Crippen LogP contribution in [-0.4, -0.2) is 38.7 Å². The van der Waals surface area contributed by atoms with Gasteiger partial charge in [0.2, 0.25) is 0 Å². The first-order valence-corrected chi connectivity index (χ1v) is 7.62. The SMILES string of the molecule is c1ccc2c(c1)ncn2-c1cncc(N[C@@H]2CCCNC2)n1. The van der Waals surface area contributed by atoms with E-state index < -0.39 is 0 Å². The van der Waals surface area contributed by atoms with Crippen molar-refractivity contribution in [2.75, 3.05) is 18.4 Å². The lowest BCUT2D eigenvalue weighted by atomic mass is 10.1. The van der Waals surface area contributed by atoms with E-state index in [1.807, 2.05) is 28.8 Å². The van der Waals surface area contributed by atoms with Crippen LogP contribution in [0.1, 0.15) is 12.8 Å². The van der Waals surface area contributed by atoms with E-state index in [0.29, 0.717) is 6.04 Å². The third-order valence-electron chi connectivity index (χ3n) is 3.97. The summed E-state index contributed by atoms with van der Waals surface area (Å²) >= 11 is 0. The van der Waals surface area contributed by atoms with E-state index in [2.05, 4.69) is 25.6 Å². The van der Waals surface area contributed by atoms with Gasteiger partial charge in [0, 0.05) is 12.6 Å². The predicted molar refractivity (Wildman–Crippen MR) is 86.2 cm³/mol. The monoisotopic (exact) mass is 294 g/mol. The summed E-state index contributed by atoms with van der Waals surface area (Å²) in [5.74, 6) is 1.59. The molecule has 4 rings (SSSR count). The van der Waals surface area contributed by atoms with Crippen LogP contribution in [0.15, 0.2) is 43.0 Å². The molecule has 0 saturated carbocycles. The number of nitrogens with zero attached hydrogens (tertiary/aromatic N) is 4. The van der Waals surface area contributed by atoms with Gasteiger partial charge in [-0.05, 0) is 31.5 Å². The van der Waals surface area contributed by atoms with Gasteiger partial charge in [0.15, 0.2) is 5.82 Å². The van der Waals surface area contributed by atoms with E-state index in [-0.39, 0.29) is 0 Å². The maximum atomic E-state index is 4.68. The summed E-state index contributed by atoms with van der Waals surface area (Å²) in [7, 11) is 0. The zero-order valence-corrected chi connectivity index (χ0v) is 12.2. The highest BCUT2D eigenvalue weighted by atomic mass is 15.2. The molecule has 1 aliphatic heterocycles. The number of benzene rings is 1. The van der Waals surface area contributed by atoms with Gasteiger partial charge >= 0.3 is 0 Å². The Morgan fingerprint density at radius 1 is 1.23 bits per heavy atom. The number of hydrogen-bond acceptors (Lipinski definition) is 5. The van der Waals surface area contributed by atoms with E-state index in [4.69, 9.17) is 0 Å². The van der Waals surface area contributed by atoms with Gasteiger partial charge in [0.25, 0.3) is 0 Å². The summed E-state index contributed by atoms with van der Waals surface area (Å²) in [5, 5.41) is 6.86. The molecule has 22 heavy (non-hydrogen) atoms. The van der Waals surface area contributed by atoms with Gasteiger partial charge in [-0.1, -0.05) is 12.1 Å². The second kappa shape index (κ2) is 5.73. The molecular weight excluding hydrogens is 276 g/mol. The van der Waals surface area contributed by atoms with Crippen molar-refractivity contribution in [3.05, 3.63) is 43.0 Å². The summed E-state index contributed by atoms with van der Waals surface area (Å²) in [6, 6.07) is 8.44. The highest BCUT2D eigenvalue weighted by Gasteiger charge is 2.13. The summed E-state index contributed by atoms with van der Waals surface area (Å²) in [5.41, 5.74) is 1.99. The first kappa shape index (κ1) is 13.2. The average molecular weight is 294 g/mol. The summed E-state index contributed by atoms with van der Waals surface area (Å²) < 4.78 is 1.96. The molecule has 112 valence electrons. The fourth-order valence-corrected chi connectivity index (χ4v) is 2.87. The average Bonchev–Trinajstić information content (AvgIpc) is 3.00. The normalized spacial score (nSPS) is 18.5. The van der Waals surface area contributed by atoms with E-state index in [1.165, 1.54) is 6.42 Å². The van der Waals surface area contributed by atoms with Crippen LogP contribution < -0.4 is 10.6 Å². The Balaban J connectivity index is 1.63. The van der Waals surface area contributed by atoms with Gasteiger partial charge in [0.1, 0.15) is 12.1 Å². The van der Waals surface area contributed by atoms with E-state index in [0.717, 1.165) is 42.2 Å². The van der Waals surface area contributed by atoms with Crippen molar-refractivity contribution in [2.45, 2.75) is 18.9 Å². The first-order chi connectivity index (χ1) is 10.9. The number of piperidine rings is 1. The molecule has 2 N–H and O–H groups in total. The van der Waals surface area contributed by atoms with Crippen LogP contribution in [0.5, 0.6) is 0 Å². The number of nitrogens with one attached hydrogen (secondary N) is 2. The lowest BCUT2D eigenvalue weighted by Gasteiger charge is -2.24. The first-order valence-electron chi connectivity index (χ1n) is 7.62. The van der Waals surface area contributed by atoms with Crippen molar-refractivity contribution < 1.29 is 0 Å². The van der Waals surface area contributed by atoms with Gasteiger partial charge < -0.3 is 10.6 Å². The van der Waals surface area contributed by atoms with Crippen molar-refractivity contribution in [1.82, 2.24) is 24.8 Å². The van der Waals surface area contributed by atoms with Crippen molar-refractivity contribution in [1.29, 1.82) is 0 Å². The molecule has 1 aliphatic rings. The lowest BCUT2D eigenvalue weighted by Crippen LogP contribution is -2.38. The second-order valence-corrected chi connectivity index (χ2v) is 5.55. The lowest BCUT2D eigenvalue weighted by molar-refractivity contribution is 0.479. The van der Waals surface area contributed by atoms with Crippen molar-refractivity contribution >= 4 is 16.9 Å². The summed E-state index contributed by atoms with van der Waals surface area (Å²) in [4.78, 5) is 13.4. The predicted octanol–water partition coefficient (Wildman–Crippen LogP) is 1.98. The van der Waals surface area contributed by atoms with E-state index in [1.54, 1.807) is 18.7 Å². The van der Waals surface area contributed by atoms with Crippen LogP contribution in [0.4, 0.5) is 5.82 Å². The Kier molecular flexibility index (Phi) is 3.44. The standard InChI is InChI=1S/C16H18N6/c1-2-6-14-13(5-1)19-11-22(14)16-10-18-9-15(21-16)20-12-4-3-7-17-8-12/h1-2,5-6,9-12,17H,3-4,7-8H2,(H,20,21)/t12-/m1/s1. The van der Waals surface area contributed by atoms with Crippen LogP contribution in [0.25, 0.3) is 16.9 Å². The zero-order chi connectivity index (χ0) is 14.8. The summed E-state index contributed by atoms with van der Waals surface area (Å²) in [6.07, 6.45) is 7.68. The largest absolute Gasteiger partial charge is 0.365 e. The Bertz CT molecular complexity index is 775. The van der Waals surface area contributed by atoms with Gasteiger partial charge in [-0.3, -0.25) is 9.55 Å². The number of fused-ring (bicyclic) bond motifs is 1. The van der Waals surface area contributed by atoms with Gasteiger partial charge in [-0.2, -0.15) is 0 Å². The molecule has 6 heteroatoms. The summed E-state index contributed by atoms with van der Waals surface area (Å²) in [6.45, 7) is 2.07. The van der Waals surface area contributed by atoms with E-state index >= 15 is 0 Å². The second-order valence-electron chi connectivity index (χ2n) is 5.55. The van der Waals surface area contributed by atoms with E-state index in [9.17, 15) is 0 Å². The van der Waals surface area contributed by atoms with Crippen molar-refractivity contribution in [3.63, 3.8) is 0 Å². The molecule has 1 atom stereocenters. The molecule has 1 saturated heterocycles. The maximum Gasteiger partial charge on any atom is 0.159 e. The van der Waals surface area contributed by atoms with Gasteiger partial charge in [-0.15, -0.1) is 0 Å². The molecule has 1 fully saturated rings. The Hall–Kier alpha value is -2.47. The minimum Gasteiger partial charge on any atom is -0.365 e. The zero-order valence-electron chi connectivity index (χ0n) is 12.2. The number of imidazole rings is 1. The molecule has 0 radical (unpaired) electrons. The highest BCUT2D eigenvalue weighted by molar-refractivity contribution is 5.76. The molecule has 3 aromatic rings. The third kappa shape index (κ3) is 2.53. The molecular formula is C16H18N6. The third-order valence-corrected chi connectivity index (χ3v) is 3.97. The number of para-hydroxylation sites is 2. The molecule has 0 spiro atoms. The molecule has 1 aromatic carbocycles. The highest BCUT2D eigenvalue weighted by Crippen LogP contribution is 2.17. The fourth-order valence-electron chi connectivity index (χ4n) is 2.87. The van der Waals surface area contributed by atoms with Crippen LogP contribution in [0.2, 0.25) is 0 Å². The van der Waals surface area contributed by atoms with Crippen molar-refractivity contribution in [3.8, 4) is 5.82 Å². The Morgan fingerprint density at radius 2 is 2.18 bits per heavy atom. The topological polar surface area (TPSA) is 67.7 Å². The molecule has 0 aliphatic carbocycles. The van der Waals surface area contributed by atoms with Crippen LogP contribution in [-0.2, 0) is 0 Å². The molecule has 2 aromatic heterocycles. The maximum absolute atomic E-state index is 4.68. The quantitative estimate of drug-likeness (QED) is 0.773. The number of anilines is 1. The Morgan fingerprint density at radius 3 is 3.09 bits per heavy atom. The smallest absolute Gasteiger partial charge is 0.159 e. The van der Waals surface area contributed by atoms with Crippen LogP contribution in [0, 0.1) is 0 Å². The minimum absolute atomic E-state index is 0.415. The number of rotatable bonds is 3. The van der Waals surface area contributed by atoms with Crippen molar-refractivity contribution in [2.24, 2.45) is 0 Å². The molecule has 0 bridgehead atoms. The van der Waals surface area contributed by atoms with Crippen LogP contribution >= 0.6 is 0 Å². The fraction of sp³-hybridized carbons (Fsp3) is 0.312. The molecule has 0 amide bonds. The number of hydrogen-bond donors (Lipinski definition) is 2.